The lowest BCUT2D eigenvalue weighted by atomic mass is 9.93. The summed E-state index contributed by atoms with van der Waals surface area (Å²) in [5, 5.41) is 18.9. The average molecular weight is 222 g/mol. The zero-order valence-corrected chi connectivity index (χ0v) is 9.11. The normalized spacial score (nSPS) is 33.9. The van der Waals surface area contributed by atoms with Gasteiger partial charge < -0.3 is 19.7 Å². The zero-order valence-electron chi connectivity index (χ0n) is 9.11. The lowest BCUT2D eigenvalue weighted by molar-refractivity contribution is -0.00734. The molecule has 1 saturated heterocycles. The molecule has 0 bridgehead atoms. The third kappa shape index (κ3) is 2.21. The third-order valence-corrected chi connectivity index (χ3v) is 2.76. The number of ether oxygens (including phenoxy) is 2. The standard InChI is InChI=1S/C11H15BO4/c12-11-10(9(14)8(6-13)16-11)15-7-4-2-1-3-5-7/h1-5,8-11,13-14H,6,12H2/t8-,9-,10-,11-/m1/s1. The molecule has 0 spiro atoms. The molecule has 0 aliphatic carbocycles. The van der Waals surface area contributed by atoms with Crippen LogP contribution in [0.15, 0.2) is 30.3 Å². The van der Waals surface area contributed by atoms with E-state index in [4.69, 9.17) is 14.6 Å². The predicted molar refractivity (Wildman–Crippen MR) is 61.2 cm³/mol. The van der Waals surface area contributed by atoms with Crippen molar-refractivity contribution in [2.45, 2.75) is 24.3 Å². The number of rotatable bonds is 3. The van der Waals surface area contributed by atoms with Gasteiger partial charge in [-0.05, 0) is 12.1 Å². The molecule has 0 aromatic heterocycles. The van der Waals surface area contributed by atoms with E-state index in [1.807, 2.05) is 38.2 Å². The van der Waals surface area contributed by atoms with E-state index in [2.05, 4.69) is 0 Å². The van der Waals surface area contributed by atoms with Crippen LogP contribution in [0.3, 0.4) is 0 Å². The SMILES string of the molecule is B[C@@H]1O[C@H](CO)[C@@H](O)[C@H]1Oc1ccccc1. The Hall–Kier alpha value is -1.04. The van der Waals surface area contributed by atoms with E-state index in [1.54, 1.807) is 0 Å². The number of benzene rings is 1. The second-order valence-electron chi connectivity index (χ2n) is 3.95. The van der Waals surface area contributed by atoms with Gasteiger partial charge in [-0.2, -0.15) is 0 Å². The summed E-state index contributed by atoms with van der Waals surface area (Å²) in [5.74, 6) is 0.695. The molecule has 1 fully saturated rings. The summed E-state index contributed by atoms with van der Waals surface area (Å²) < 4.78 is 11.0. The zero-order chi connectivity index (χ0) is 11.5. The van der Waals surface area contributed by atoms with E-state index in [0.717, 1.165) is 0 Å². The van der Waals surface area contributed by atoms with Crippen molar-refractivity contribution in [2.75, 3.05) is 6.61 Å². The molecule has 0 amide bonds. The van der Waals surface area contributed by atoms with E-state index >= 15 is 0 Å². The van der Waals surface area contributed by atoms with Crippen molar-refractivity contribution in [2.24, 2.45) is 0 Å². The number of hydrogen-bond donors (Lipinski definition) is 2. The Balaban J connectivity index is 2.05. The minimum atomic E-state index is -0.791. The van der Waals surface area contributed by atoms with Crippen LogP contribution in [0, 0.1) is 0 Å². The van der Waals surface area contributed by atoms with Crippen molar-refractivity contribution in [1.82, 2.24) is 0 Å². The van der Waals surface area contributed by atoms with Gasteiger partial charge in [0, 0.05) is 0 Å². The Kier molecular flexibility index (Phi) is 3.48. The van der Waals surface area contributed by atoms with Crippen LogP contribution in [-0.4, -0.2) is 49.0 Å². The maximum atomic E-state index is 9.87. The number of hydrogen-bond acceptors (Lipinski definition) is 4. The summed E-state index contributed by atoms with van der Waals surface area (Å²) in [4.78, 5) is 0. The summed E-state index contributed by atoms with van der Waals surface area (Å²) in [6.07, 6.45) is -1.77. The summed E-state index contributed by atoms with van der Waals surface area (Å²) in [7, 11) is 1.83. The fourth-order valence-electron chi connectivity index (χ4n) is 1.90. The molecule has 4 atom stereocenters. The second-order valence-corrected chi connectivity index (χ2v) is 3.95. The van der Waals surface area contributed by atoms with Crippen molar-refractivity contribution in [3.05, 3.63) is 30.3 Å². The molecule has 1 heterocycles. The van der Waals surface area contributed by atoms with Gasteiger partial charge in [-0.15, -0.1) is 0 Å². The number of aliphatic hydroxyl groups excluding tert-OH is 2. The first-order valence-electron chi connectivity index (χ1n) is 5.38. The predicted octanol–water partition coefficient (Wildman–Crippen LogP) is -0.855. The average Bonchev–Trinajstić information content (AvgIpc) is 2.58. The fraction of sp³-hybridized carbons (Fsp3) is 0.455. The molecule has 1 aliphatic heterocycles. The minimum Gasteiger partial charge on any atom is -0.486 e. The summed E-state index contributed by atoms with van der Waals surface area (Å²) in [5.41, 5.74) is 0. The molecule has 2 rings (SSSR count). The molecule has 1 aromatic carbocycles. The first kappa shape index (κ1) is 11.5. The van der Waals surface area contributed by atoms with Crippen LogP contribution in [0.4, 0.5) is 0 Å². The molecule has 0 saturated carbocycles. The highest BCUT2D eigenvalue weighted by Gasteiger charge is 2.42. The highest BCUT2D eigenvalue weighted by molar-refractivity contribution is 6.11. The van der Waals surface area contributed by atoms with Crippen LogP contribution in [-0.2, 0) is 4.74 Å². The first-order chi connectivity index (χ1) is 7.72. The molecule has 5 heteroatoms. The van der Waals surface area contributed by atoms with E-state index in [-0.39, 0.29) is 12.6 Å². The van der Waals surface area contributed by atoms with E-state index < -0.39 is 18.3 Å². The van der Waals surface area contributed by atoms with Gasteiger partial charge in [0.05, 0.1) is 12.6 Å². The van der Waals surface area contributed by atoms with Crippen LogP contribution in [0.1, 0.15) is 0 Å². The third-order valence-electron chi connectivity index (χ3n) is 2.76. The molecule has 0 radical (unpaired) electrons. The quantitative estimate of drug-likeness (QED) is 0.653. The highest BCUT2D eigenvalue weighted by atomic mass is 16.6. The van der Waals surface area contributed by atoms with Crippen molar-refractivity contribution in [1.29, 1.82) is 0 Å². The van der Waals surface area contributed by atoms with Crippen molar-refractivity contribution < 1.29 is 19.7 Å². The van der Waals surface area contributed by atoms with Gasteiger partial charge in [0.1, 0.15) is 31.9 Å². The van der Waals surface area contributed by atoms with E-state index in [1.165, 1.54) is 0 Å². The van der Waals surface area contributed by atoms with Crippen molar-refractivity contribution in [3.63, 3.8) is 0 Å². The highest BCUT2D eigenvalue weighted by Crippen LogP contribution is 2.24. The smallest absolute Gasteiger partial charge is 0.145 e. The molecular weight excluding hydrogens is 207 g/mol. The fourth-order valence-corrected chi connectivity index (χ4v) is 1.90. The van der Waals surface area contributed by atoms with Crippen LogP contribution in [0.25, 0.3) is 0 Å². The molecule has 4 nitrogen and oxygen atoms in total. The monoisotopic (exact) mass is 222 g/mol. The summed E-state index contributed by atoms with van der Waals surface area (Å²) >= 11 is 0. The van der Waals surface area contributed by atoms with E-state index in [9.17, 15) is 5.11 Å². The Labute approximate surface area is 95.2 Å². The topological polar surface area (TPSA) is 58.9 Å². The summed E-state index contributed by atoms with van der Waals surface area (Å²) in [6.45, 7) is -0.194. The van der Waals surface area contributed by atoms with Crippen LogP contribution in [0.2, 0.25) is 0 Å². The Morgan fingerprint density at radius 1 is 1.31 bits per heavy atom. The Bertz CT molecular complexity index is 332. The lowest BCUT2D eigenvalue weighted by Gasteiger charge is -2.19. The van der Waals surface area contributed by atoms with Crippen LogP contribution < -0.4 is 4.74 Å². The maximum Gasteiger partial charge on any atom is 0.145 e. The molecule has 86 valence electrons. The molecule has 2 N–H and O–H groups in total. The van der Waals surface area contributed by atoms with Crippen molar-refractivity contribution >= 4 is 7.85 Å². The van der Waals surface area contributed by atoms with Gasteiger partial charge in [-0.3, -0.25) is 0 Å². The van der Waals surface area contributed by atoms with Gasteiger partial charge in [0.25, 0.3) is 0 Å². The Morgan fingerprint density at radius 3 is 2.56 bits per heavy atom. The molecule has 1 aromatic rings. The Morgan fingerprint density at radius 2 is 2.00 bits per heavy atom. The molecule has 16 heavy (non-hydrogen) atoms. The van der Waals surface area contributed by atoms with Gasteiger partial charge in [-0.25, -0.2) is 0 Å². The largest absolute Gasteiger partial charge is 0.486 e. The van der Waals surface area contributed by atoms with Gasteiger partial charge in [0.15, 0.2) is 0 Å². The maximum absolute atomic E-state index is 9.87. The van der Waals surface area contributed by atoms with Crippen molar-refractivity contribution in [3.8, 4) is 5.75 Å². The lowest BCUT2D eigenvalue weighted by Crippen LogP contribution is -2.38. The second kappa shape index (κ2) is 4.87. The van der Waals surface area contributed by atoms with E-state index in [0.29, 0.717) is 5.75 Å². The number of para-hydroxylation sites is 1. The minimum absolute atomic E-state index is 0.194. The van der Waals surface area contributed by atoms with Crippen LogP contribution >= 0.6 is 0 Å². The van der Waals surface area contributed by atoms with Gasteiger partial charge in [0.2, 0.25) is 0 Å². The molecule has 0 unspecified atom stereocenters. The first-order valence-corrected chi connectivity index (χ1v) is 5.38. The van der Waals surface area contributed by atoms with Gasteiger partial charge >= 0.3 is 0 Å². The molecule has 1 aliphatic rings. The van der Waals surface area contributed by atoms with Crippen LogP contribution in [0.5, 0.6) is 5.75 Å². The summed E-state index contributed by atoms with van der Waals surface area (Å²) in [6, 6.07) is 9.05. The van der Waals surface area contributed by atoms with Gasteiger partial charge in [-0.1, -0.05) is 18.2 Å². The molecular formula is C11H15BO4. The number of aliphatic hydroxyl groups is 2.